The molecule has 1 saturated heterocycles. The van der Waals surface area contributed by atoms with E-state index in [1.165, 1.54) is 44.5 Å². The van der Waals surface area contributed by atoms with E-state index in [2.05, 4.69) is 21.2 Å². The maximum Gasteiger partial charge on any atom is 0.0492 e. The monoisotopic (exact) mass is 205 g/mol. The van der Waals surface area contributed by atoms with Gasteiger partial charge in [0.25, 0.3) is 0 Å². The minimum atomic E-state index is 0.833. The van der Waals surface area contributed by atoms with Crippen LogP contribution in [0.4, 0.5) is 0 Å². The van der Waals surface area contributed by atoms with E-state index in [0.717, 1.165) is 18.4 Å². The zero-order valence-corrected chi connectivity index (χ0v) is 9.15. The minimum Gasteiger partial charge on any atom is -0.316 e. The Labute approximate surface area is 90.9 Å². The molecule has 3 heteroatoms. The van der Waals surface area contributed by atoms with Crippen molar-refractivity contribution in [3.8, 4) is 0 Å². The Morgan fingerprint density at radius 1 is 1.33 bits per heavy atom. The maximum atomic E-state index is 4.43. The molecule has 2 aliphatic rings. The third kappa shape index (κ3) is 2.23. The van der Waals surface area contributed by atoms with Gasteiger partial charge in [0.1, 0.15) is 0 Å². The Balaban J connectivity index is 1.64. The van der Waals surface area contributed by atoms with Gasteiger partial charge in [0.2, 0.25) is 0 Å². The SMILES string of the molecule is c1cc(CC2CCNC2)n(CC2CC2)n1. The topological polar surface area (TPSA) is 29.9 Å². The van der Waals surface area contributed by atoms with E-state index < -0.39 is 0 Å². The van der Waals surface area contributed by atoms with Gasteiger partial charge in [-0.15, -0.1) is 0 Å². The van der Waals surface area contributed by atoms with E-state index in [9.17, 15) is 0 Å². The molecular weight excluding hydrogens is 186 g/mol. The van der Waals surface area contributed by atoms with Gasteiger partial charge >= 0.3 is 0 Å². The molecule has 0 bridgehead atoms. The summed E-state index contributed by atoms with van der Waals surface area (Å²) < 4.78 is 2.23. The molecule has 3 nitrogen and oxygen atoms in total. The second kappa shape index (κ2) is 3.97. The van der Waals surface area contributed by atoms with Crippen molar-refractivity contribution in [1.29, 1.82) is 0 Å². The molecule has 3 rings (SSSR count). The number of rotatable bonds is 4. The van der Waals surface area contributed by atoms with Crippen LogP contribution in [0.5, 0.6) is 0 Å². The Morgan fingerprint density at radius 2 is 2.27 bits per heavy atom. The van der Waals surface area contributed by atoms with Crippen LogP contribution < -0.4 is 5.32 Å². The number of aromatic nitrogens is 2. The Bertz CT molecular complexity index is 321. The van der Waals surface area contributed by atoms with Gasteiger partial charge in [-0.25, -0.2) is 0 Å². The van der Waals surface area contributed by atoms with E-state index in [0.29, 0.717) is 0 Å². The summed E-state index contributed by atoms with van der Waals surface area (Å²) in [6.45, 7) is 3.54. The first kappa shape index (κ1) is 9.40. The van der Waals surface area contributed by atoms with E-state index >= 15 is 0 Å². The molecule has 2 fully saturated rings. The van der Waals surface area contributed by atoms with Gasteiger partial charge in [-0.05, 0) is 56.7 Å². The summed E-state index contributed by atoms with van der Waals surface area (Å²) >= 11 is 0. The Morgan fingerprint density at radius 3 is 3.00 bits per heavy atom. The van der Waals surface area contributed by atoms with Crippen LogP contribution in [0.2, 0.25) is 0 Å². The second-order valence-corrected chi connectivity index (χ2v) is 5.01. The van der Waals surface area contributed by atoms with Gasteiger partial charge in [0, 0.05) is 18.4 Å². The van der Waals surface area contributed by atoms with Crippen LogP contribution in [0.3, 0.4) is 0 Å². The van der Waals surface area contributed by atoms with Gasteiger partial charge < -0.3 is 5.32 Å². The van der Waals surface area contributed by atoms with Crippen LogP contribution in [0.15, 0.2) is 12.3 Å². The molecule has 0 amide bonds. The minimum absolute atomic E-state index is 0.833. The van der Waals surface area contributed by atoms with Crippen LogP contribution in [0.1, 0.15) is 25.0 Å². The highest BCUT2D eigenvalue weighted by Crippen LogP contribution is 2.31. The second-order valence-electron chi connectivity index (χ2n) is 5.01. The molecule has 0 aromatic carbocycles. The van der Waals surface area contributed by atoms with Gasteiger partial charge in [-0.2, -0.15) is 5.10 Å². The molecule has 0 radical (unpaired) electrons. The normalized spacial score (nSPS) is 26.0. The third-order valence-electron chi connectivity index (χ3n) is 3.59. The smallest absolute Gasteiger partial charge is 0.0492 e. The fraction of sp³-hybridized carbons (Fsp3) is 0.750. The highest BCUT2D eigenvalue weighted by molar-refractivity contribution is 5.03. The summed E-state index contributed by atoms with van der Waals surface area (Å²) in [6.07, 6.45) is 7.31. The zero-order chi connectivity index (χ0) is 10.1. The van der Waals surface area contributed by atoms with Crippen LogP contribution in [0.25, 0.3) is 0 Å². The molecule has 82 valence electrons. The van der Waals surface area contributed by atoms with Gasteiger partial charge in [0.05, 0.1) is 0 Å². The van der Waals surface area contributed by atoms with Gasteiger partial charge in [0.15, 0.2) is 0 Å². The molecule has 0 spiro atoms. The molecule has 1 unspecified atom stereocenters. The highest BCUT2D eigenvalue weighted by Gasteiger charge is 2.24. The van der Waals surface area contributed by atoms with E-state index in [4.69, 9.17) is 0 Å². The maximum absolute atomic E-state index is 4.43. The Hall–Kier alpha value is -0.830. The van der Waals surface area contributed by atoms with Crippen molar-refractivity contribution in [3.05, 3.63) is 18.0 Å². The third-order valence-corrected chi connectivity index (χ3v) is 3.59. The van der Waals surface area contributed by atoms with Crippen LogP contribution >= 0.6 is 0 Å². The van der Waals surface area contributed by atoms with Crippen molar-refractivity contribution < 1.29 is 0 Å². The van der Waals surface area contributed by atoms with Crippen molar-refractivity contribution in [2.24, 2.45) is 11.8 Å². The lowest BCUT2D eigenvalue weighted by atomic mass is 10.0. The van der Waals surface area contributed by atoms with E-state index in [1.807, 2.05) is 6.20 Å². The molecule has 1 aliphatic heterocycles. The van der Waals surface area contributed by atoms with Crippen LogP contribution in [-0.2, 0) is 13.0 Å². The predicted octanol–water partition coefficient (Wildman–Crippen LogP) is 1.45. The van der Waals surface area contributed by atoms with Crippen molar-refractivity contribution in [2.75, 3.05) is 13.1 Å². The zero-order valence-electron chi connectivity index (χ0n) is 9.15. The van der Waals surface area contributed by atoms with Crippen molar-refractivity contribution >= 4 is 0 Å². The highest BCUT2D eigenvalue weighted by atomic mass is 15.3. The molecule has 1 aliphatic carbocycles. The lowest BCUT2D eigenvalue weighted by Crippen LogP contribution is -2.14. The first-order chi connectivity index (χ1) is 7.42. The number of nitrogens with one attached hydrogen (secondary N) is 1. The molecular formula is C12H19N3. The molecule has 1 atom stereocenters. The number of hydrogen-bond donors (Lipinski definition) is 1. The molecule has 15 heavy (non-hydrogen) atoms. The van der Waals surface area contributed by atoms with Crippen molar-refractivity contribution in [1.82, 2.24) is 15.1 Å². The summed E-state index contributed by atoms with van der Waals surface area (Å²) in [5.74, 6) is 1.75. The Kier molecular flexibility index (Phi) is 2.49. The first-order valence-electron chi connectivity index (χ1n) is 6.13. The standard InChI is InChI=1S/C12H19N3/c1-2-10(1)9-15-12(4-6-14-15)7-11-3-5-13-8-11/h4,6,10-11,13H,1-3,5,7-9H2. The largest absolute Gasteiger partial charge is 0.316 e. The lowest BCUT2D eigenvalue weighted by molar-refractivity contribution is 0.498. The molecule has 1 N–H and O–H groups in total. The molecule has 2 heterocycles. The van der Waals surface area contributed by atoms with Gasteiger partial charge in [-0.3, -0.25) is 4.68 Å². The fourth-order valence-corrected chi connectivity index (χ4v) is 2.43. The van der Waals surface area contributed by atoms with E-state index in [-0.39, 0.29) is 0 Å². The summed E-state index contributed by atoms with van der Waals surface area (Å²) in [5.41, 5.74) is 1.44. The average Bonchev–Trinajstić information content (AvgIpc) is 2.75. The summed E-state index contributed by atoms with van der Waals surface area (Å²) in [4.78, 5) is 0. The molecule has 1 aromatic heterocycles. The fourth-order valence-electron chi connectivity index (χ4n) is 2.43. The number of hydrogen-bond acceptors (Lipinski definition) is 2. The van der Waals surface area contributed by atoms with Crippen molar-refractivity contribution in [2.45, 2.75) is 32.2 Å². The van der Waals surface area contributed by atoms with Crippen LogP contribution in [-0.4, -0.2) is 22.9 Å². The predicted molar refractivity (Wildman–Crippen MR) is 59.6 cm³/mol. The van der Waals surface area contributed by atoms with Crippen LogP contribution in [0, 0.1) is 11.8 Å². The number of nitrogens with zero attached hydrogens (tertiary/aromatic N) is 2. The summed E-state index contributed by atoms with van der Waals surface area (Å²) in [7, 11) is 0. The molecule has 1 saturated carbocycles. The lowest BCUT2D eigenvalue weighted by Gasteiger charge is -2.10. The van der Waals surface area contributed by atoms with E-state index in [1.54, 1.807) is 0 Å². The first-order valence-corrected chi connectivity index (χ1v) is 6.13. The van der Waals surface area contributed by atoms with Gasteiger partial charge in [-0.1, -0.05) is 0 Å². The quantitative estimate of drug-likeness (QED) is 0.806. The average molecular weight is 205 g/mol. The summed E-state index contributed by atoms with van der Waals surface area (Å²) in [5, 5.41) is 7.86. The molecule has 1 aromatic rings. The summed E-state index contributed by atoms with van der Waals surface area (Å²) in [6, 6.07) is 2.20. The van der Waals surface area contributed by atoms with Crippen molar-refractivity contribution in [3.63, 3.8) is 0 Å².